The number of para-hydroxylation sites is 2. The summed E-state index contributed by atoms with van der Waals surface area (Å²) in [7, 11) is 0. The first-order chi connectivity index (χ1) is 31.7. The van der Waals surface area contributed by atoms with Crippen molar-refractivity contribution in [2.24, 2.45) is 0 Å². The van der Waals surface area contributed by atoms with Crippen molar-refractivity contribution in [2.75, 3.05) is 4.90 Å². The Morgan fingerprint density at radius 2 is 0.703 bits per heavy atom. The standard InChI is InChI=1S/C61H39NO2/c1-3-13-40(14-4-1)42-23-29-46(30-24-42)62(47-31-25-43(26-32-47)41-15-5-2-6-16-41)48-33-36-50-49-17-7-10-20-55(49)61(56(50)39-48,44-27-34-53-51-18-8-11-21-57(51)63-59(53)37-44)45-28-35-54-52-19-9-12-22-58(52)64-60(54)38-45/h1-39H. The lowest BCUT2D eigenvalue weighted by molar-refractivity contribution is 0.663. The zero-order chi connectivity index (χ0) is 42.2. The smallest absolute Gasteiger partial charge is 0.135 e. The lowest BCUT2D eigenvalue weighted by Gasteiger charge is -2.35. The lowest BCUT2D eigenvalue weighted by atomic mass is 9.67. The van der Waals surface area contributed by atoms with Gasteiger partial charge in [-0.1, -0.05) is 176 Å². The fourth-order valence-electron chi connectivity index (χ4n) is 10.4. The van der Waals surface area contributed by atoms with E-state index in [9.17, 15) is 0 Å². The van der Waals surface area contributed by atoms with Crippen molar-refractivity contribution < 1.29 is 8.83 Å². The molecule has 10 aromatic carbocycles. The molecule has 0 N–H and O–H groups in total. The SMILES string of the molecule is c1ccc(-c2ccc(N(c3ccc(-c4ccccc4)cc3)c3ccc4c(c3)C(c3ccc5c(c3)oc3ccccc35)(c3ccc5c(c3)oc3ccccc35)c3ccccc3-4)cc2)cc1. The van der Waals surface area contributed by atoms with Crippen molar-refractivity contribution in [1.82, 2.24) is 0 Å². The first-order valence-electron chi connectivity index (χ1n) is 21.9. The van der Waals surface area contributed by atoms with Crippen molar-refractivity contribution in [3.63, 3.8) is 0 Å². The molecular formula is C61H39NO2. The average molecular weight is 818 g/mol. The molecule has 0 spiro atoms. The number of hydrogen-bond donors (Lipinski definition) is 0. The molecule has 0 saturated heterocycles. The third kappa shape index (κ3) is 5.54. The molecule has 2 heterocycles. The molecule has 0 atom stereocenters. The molecule has 0 aliphatic heterocycles. The Morgan fingerprint density at radius 1 is 0.281 bits per heavy atom. The maximum absolute atomic E-state index is 6.65. The molecule has 64 heavy (non-hydrogen) atoms. The second-order valence-electron chi connectivity index (χ2n) is 16.8. The maximum atomic E-state index is 6.65. The fourth-order valence-corrected chi connectivity index (χ4v) is 10.4. The van der Waals surface area contributed by atoms with E-state index in [0.29, 0.717) is 0 Å². The van der Waals surface area contributed by atoms with E-state index in [-0.39, 0.29) is 0 Å². The van der Waals surface area contributed by atoms with Crippen LogP contribution < -0.4 is 4.90 Å². The normalized spacial score (nSPS) is 12.8. The van der Waals surface area contributed by atoms with E-state index >= 15 is 0 Å². The molecule has 3 heteroatoms. The Morgan fingerprint density at radius 3 is 1.25 bits per heavy atom. The summed E-state index contributed by atoms with van der Waals surface area (Å²) in [4.78, 5) is 2.39. The van der Waals surface area contributed by atoms with Gasteiger partial charge in [-0.3, -0.25) is 0 Å². The Kier molecular flexibility index (Phi) is 8.13. The van der Waals surface area contributed by atoms with Crippen LogP contribution in [-0.2, 0) is 5.41 Å². The molecule has 0 unspecified atom stereocenters. The lowest BCUT2D eigenvalue weighted by Crippen LogP contribution is -2.28. The number of hydrogen-bond acceptors (Lipinski definition) is 3. The molecule has 300 valence electrons. The zero-order valence-corrected chi connectivity index (χ0v) is 34.8. The van der Waals surface area contributed by atoms with Gasteiger partial charge in [0.1, 0.15) is 22.3 Å². The molecule has 13 rings (SSSR count). The van der Waals surface area contributed by atoms with Crippen LogP contribution in [0.1, 0.15) is 22.3 Å². The van der Waals surface area contributed by atoms with Crippen LogP contribution in [0.15, 0.2) is 245 Å². The van der Waals surface area contributed by atoms with E-state index < -0.39 is 5.41 Å². The van der Waals surface area contributed by atoms with E-state index in [0.717, 1.165) is 72.1 Å². The summed E-state index contributed by atoms with van der Waals surface area (Å²) in [6, 6.07) is 85.3. The Labute approximate surface area is 370 Å². The van der Waals surface area contributed by atoms with Crippen molar-refractivity contribution in [3.8, 4) is 33.4 Å². The van der Waals surface area contributed by atoms with Gasteiger partial charge in [0.05, 0.1) is 5.41 Å². The van der Waals surface area contributed by atoms with Crippen LogP contribution in [0, 0.1) is 0 Å². The van der Waals surface area contributed by atoms with Crippen molar-refractivity contribution >= 4 is 60.9 Å². The van der Waals surface area contributed by atoms with Gasteiger partial charge in [-0.2, -0.15) is 0 Å². The number of furan rings is 2. The minimum Gasteiger partial charge on any atom is -0.456 e. The van der Waals surface area contributed by atoms with Gasteiger partial charge in [-0.25, -0.2) is 0 Å². The topological polar surface area (TPSA) is 29.5 Å². The van der Waals surface area contributed by atoms with E-state index in [2.05, 4.69) is 229 Å². The molecule has 0 fully saturated rings. The van der Waals surface area contributed by atoms with E-state index in [4.69, 9.17) is 8.83 Å². The highest BCUT2D eigenvalue weighted by Gasteiger charge is 2.47. The van der Waals surface area contributed by atoms with Gasteiger partial charge in [0.25, 0.3) is 0 Å². The molecular weight excluding hydrogens is 779 g/mol. The minimum absolute atomic E-state index is 0.734. The highest BCUT2D eigenvalue weighted by Crippen LogP contribution is 2.58. The third-order valence-corrected chi connectivity index (χ3v) is 13.4. The Hall–Kier alpha value is -8.40. The zero-order valence-electron chi connectivity index (χ0n) is 34.8. The van der Waals surface area contributed by atoms with Gasteiger partial charge in [0, 0.05) is 38.6 Å². The molecule has 3 nitrogen and oxygen atoms in total. The molecule has 0 amide bonds. The second-order valence-corrected chi connectivity index (χ2v) is 16.8. The van der Waals surface area contributed by atoms with Crippen molar-refractivity contribution in [1.29, 1.82) is 0 Å². The quantitative estimate of drug-likeness (QED) is 0.160. The minimum atomic E-state index is -0.734. The molecule has 1 aliphatic carbocycles. The second kappa shape index (κ2) is 14.3. The fraction of sp³-hybridized carbons (Fsp3) is 0.0164. The van der Waals surface area contributed by atoms with Gasteiger partial charge in [0.15, 0.2) is 0 Å². The maximum Gasteiger partial charge on any atom is 0.135 e. The summed E-state index contributed by atoms with van der Waals surface area (Å²) >= 11 is 0. The van der Waals surface area contributed by atoms with E-state index in [1.54, 1.807) is 0 Å². The number of fused-ring (bicyclic) bond motifs is 9. The monoisotopic (exact) mass is 817 g/mol. The van der Waals surface area contributed by atoms with Gasteiger partial charge >= 0.3 is 0 Å². The molecule has 0 radical (unpaired) electrons. The average Bonchev–Trinajstić information content (AvgIpc) is 4.03. The van der Waals surface area contributed by atoms with E-state index in [1.165, 1.54) is 44.5 Å². The van der Waals surface area contributed by atoms with Gasteiger partial charge < -0.3 is 13.7 Å². The predicted molar refractivity (Wildman–Crippen MR) is 264 cm³/mol. The largest absolute Gasteiger partial charge is 0.456 e. The van der Waals surface area contributed by atoms with Gasteiger partial charge in [-0.15, -0.1) is 0 Å². The Balaban J connectivity index is 1.06. The first-order valence-corrected chi connectivity index (χ1v) is 21.9. The molecule has 1 aliphatic rings. The summed E-state index contributed by atoms with van der Waals surface area (Å²) in [5, 5.41) is 4.44. The van der Waals surface area contributed by atoms with Crippen molar-refractivity contribution in [3.05, 3.63) is 259 Å². The third-order valence-electron chi connectivity index (χ3n) is 13.4. The molecule has 0 bridgehead atoms. The number of anilines is 3. The summed E-state index contributed by atoms with van der Waals surface area (Å²) in [5.74, 6) is 0. The van der Waals surface area contributed by atoms with Crippen molar-refractivity contribution in [2.45, 2.75) is 5.41 Å². The van der Waals surface area contributed by atoms with Crippen LogP contribution in [-0.4, -0.2) is 0 Å². The molecule has 12 aromatic rings. The summed E-state index contributed by atoms with van der Waals surface area (Å²) in [6.07, 6.45) is 0. The van der Waals surface area contributed by atoms with Crippen LogP contribution >= 0.6 is 0 Å². The van der Waals surface area contributed by atoms with Crippen LogP contribution in [0.5, 0.6) is 0 Å². The van der Waals surface area contributed by atoms with Gasteiger partial charge in [-0.05, 0) is 116 Å². The van der Waals surface area contributed by atoms with Crippen LogP contribution in [0.3, 0.4) is 0 Å². The molecule has 2 aromatic heterocycles. The van der Waals surface area contributed by atoms with Crippen LogP contribution in [0.25, 0.3) is 77.3 Å². The van der Waals surface area contributed by atoms with Crippen LogP contribution in [0.2, 0.25) is 0 Å². The summed E-state index contributed by atoms with van der Waals surface area (Å²) in [6.45, 7) is 0. The highest BCUT2D eigenvalue weighted by molar-refractivity contribution is 6.07. The number of benzene rings is 10. The number of nitrogens with zero attached hydrogens (tertiary/aromatic N) is 1. The van der Waals surface area contributed by atoms with Gasteiger partial charge in [0.2, 0.25) is 0 Å². The summed E-state index contributed by atoms with van der Waals surface area (Å²) < 4.78 is 13.3. The first kappa shape index (κ1) is 36.3. The highest BCUT2D eigenvalue weighted by atomic mass is 16.3. The molecule has 0 saturated carbocycles. The van der Waals surface area contributed by atoms with E-state index in [1.807, 2.05) is 12.1 Å². The summed E-state index contributed by atoms with van der Waals surface area (Å²) in [5.41, 5.74) is 17.8. The van der Waals surface area contributed by atoms with Crippen LogP contribution in [0.4, 0.5) is 17.1 Å². The predicted octanol–water partition coefficient (Wildman–Crippen LogP) is 16.7. The number of rotatable bonds is 7. The Bertz CT molecular complexity index is 3520.